The Morgan fingerprint density at radius 2 is 1.75 bits per heavy atom. The molecule has 0 aliphatic carbocycles. The van der Waals surface area contributed by atoms with Crippen LogP contribution < -0.4 is 5.73 Å². The molecule has 0 amide bonds. The summed E-state index contributed by atoms with van der Waals surface area (Å²) in [6.45, 7) is 0. The maximum Gasteiger partial charge on any atom is 0.0199 e. The minimum absolute atomic E-state index is 0.711. The van der Waals surface area contributed by atoms with Gasteiger partial charge in [-0.05, 0) is 5.39 Å². The van der Waals surface area contributed by atoms with Crippen molar-refractivity contribution in [2.24, 2.45) is 0 Å². The SMILES string of the molecule is Nc1c([S-])ccc2ccccc12. The van der Waals surface area contributed by atoms with E-state index in [0.29, 0.717) is 5.69 Å². The largest absolute Gasteiger partial charge is 0.778 e. The van der Waals surface area contributed by atoms with Gasteiger partial charge in [0.2, 0.25) is 0 Å². The first kappa shape index (κ1) is 7.37. The molecule has 2 aromatic carbocycles. The molecule has 0 unspecified atom stereocenters. The van der Waals surface area contributed by atoms with E-state index in [1.54, 1.807) is 0 Å². The Morgan fingerprint density at radius 1 is 1.00 bits per heavy atom. The van der Waals surface area contributed by atoms with E-state index < -0.39 is 0 Å². The standard InChI is InChI=1S/C10H9NS/c11-10-8-4-2-1-3-7(8)5-6-9(10)12/h1-6,12H,11H2/p-1. The van der Waals surface area contributed by atoms with Gasteiger partial charge in [0.25, 0.3) is 0 Å². The fourth-order valence-electron chi connectivity index (χ4n) is 1.28. The summed E-state index contributed by atoms with van der Waals surface area (Å²) in [7, 11) is 0. The molecule has 60 valence electrons. The summed E-state index contributed by atoms with van der Waals surface area (Å²) in [5.74, 6) is 0. The fourth-order valence-corrected chi connectivity index (χ4v) is 1.45. The van der Waals surface area contributed by atoms with Crippen LogP contribution in [0.3, 0.4) is 0 Å². The number of nitrogens with two attached hydrogens (primary N) is 1. The van der Waals surface area contributed by atoms with Crippen molar-refractivity contribution in [2.75, 3.05) is 5.73 Å². The lowest BCUT2D eigenvalue weighted by atomic mass is 10.1. The molecule has 0 aromatic heterocycles. The molecule has 1 nitrogen and oxygen atoms in total. The number of rotatable bonds is 0. The maximum atomic E-state index is 5.81. The summed E-state index contributed by atoms with van der Waals surface area (Å²) < 4.78 is 0. The van der Waals surface area contributed by atoms with Crippen LogP contribution in [-0.2, 0) is 12.6 Å². The van der Waals surface area contributed by atoms with Crippen LogP contribution in [0.4, 0.5) is 5.69 Å². The third-order valence-corrected chi connectivity index (χ3v) is 2.29. The molecule has 2 heteroatoms. The molecule has 0 aliphatic heterocycles. The first-order chi connectivity index (χ1) is 5.79. The molecule has 0 atom stereocenters. The van der Waals surface area contributed by atoms with Gasteiger partial charge in [-0.1, -0.05) is 36.4 Å². The van der Waals surface area contributed by atoms with Gasteiger partial charge in [-0.15, -0.1) is 0 Å². The molecule has 12 heavy (non-hydrogen) atoms. The molecule has 0 spiro atoms. The van der Waals surface area contributed by atoms with E-state index in [0.717, 1.165) is 15.7 Å². The van der Waals surface area contributed by atoms with Crippen LogP contribution in [0.2, 0.25) is 0 Å². The van der Waals surface area contributed by atoms with Gasteiger partial charge in [0.05, 0.1) is 0 Å². The zero-order valence-corrected chi connectivity index (χ0v) is 7.27. The second-order valence-corrected chi connectivity index (χ2v) is 3.14. The summed E-state index contributed by atoms with van der Waals surface area (Å²) >= 11 is 5.06. The van der Waals surface area contributed by atoms with Gasteiger partial charge in [-0.25, -0.2) is 0 Å². The van der Waals surface area contributed by atoms with Crippen molar-refractivity contribution in [1.29, 1.82) is 0 Å². The lowest BCUT2D eigenvalue weighted by Crippen LogP contribution is -1.89. The molecule has 0 radical (unpaired) electrons. The lowest BCUT2D eigenvalue weighted by molar-refractivity contribution is 1.52. The van der Waals surface area contributed by atoms with Gasteiger partial charge in [-0.2, -0.15) is 4.90 Å². The Morgan fingerprint density at radius 3 is 2.58 bits per heavy atom. The Kier molecular flexibility index (Phi) is 1.62. The number of fused-ring (bicyclic) bond motifs is 1. The van der Waals surface area contributed by atoms with Crippen LogP contribution in [0, 0.1) is 0 Å². The molecule has 0 saturated carbocycles. The van der Waals surface area contributed by atoms with Gasteiger partial charge in [0.15, 0.2) is 0 Å². The van der Waals surface area contributed by atoms with Crippen molar-refractivity contribution in [2.45, 2.75) is 4.90 Å². The number of anilines is 1. The third kappa shape index (κ3) is 1.01. The van der Waals surface area contributed by atoms with Crippen molar-refractivity contribution >= 4 is 29.1 Å². The summed E-state index contributed by atoms with van der Waals surface area (Å²) in [6, 6.07) is 11.8. The van der Waals surface area contributed by atoms with Crippen LogP contribution in [0.25, 0.3) is 10.8 Å². The van der Waals surface area contributed by atoms with Gasteiger partial charge in [0.1, 0.15) is 0 Å². The van der Waals surface area contributed by atoms with E-state index in [-0.39, 0.29) is 0 Å². The lowest BCUT2D eigenvalue weighted by Gasteiger charge is -2.11. The molecule has 0 aliphatic rings. The minimum atomic E-state index is 0.711. The fraction of sp³-hybridized carbons (Fsp3) is 0. The van der Waals surface area contributed by atoms with Crippen molar-refractivity contribution in [3.05, 3.63) is 36.4 Å². The van der Waals surface area contributed by atoms with E-state index in [1.807, 2.05) is 36.4 Å². The summed E-state index contributed by atoms with van der Waals surface area (Å²) in [4.78, 5) is 0.730. The number of hydrogen-bond donors (Lipinski definition) is 1. The highest BCUT2D eigenvalue weighted by Crippen LogP contribution is 2.23. The second kappa shape index (κ2) is 2.64. The van der Waals surface area contributed by atoms with E-state index in [1.165, 1.54) is 0 Å². The first-order valence-electron chi connectivity index (χ1n) is 3.73. The number of benzene rings is 2. The van der Waals surface area contributed by atoms with Crippen LogP contribution in [-0.4, -0.2) is 0 Å². The highest BCUT2D eigenvalue weighted by molar-refractivity contribution is 7.59. The van der Waals surface area contributed by atoms with Crippen LogP contribution in [0.5, 0.6) is 0 Å². The molecule has 0 bridgehead atoms. The van der Waals surface area contributed by atoms with Crippen molar-refractivity contribution in [1.82, 2.24) is 0 Å². The van der Waals surface area contributed by atoms with Crippen molar-refractivity contribution < 1.29 is 0 Å². The molecule has 0 saturated heterocycles. The highest BCUT2D eigenvalue weighted by atomic mass is 32.1. The molecule has 2 aromatic rings. The van der Waals surface area contributed by atoms with Crippen molar-refractivity contribution in [3.8, 4) is 0 Å². The Balaban J connectivity index is 2.91. The zero-order chi connectivity index (χ0) is 8.55. The second-order valence-electron chi connectivity index (χ2n) is 2.70. The Labute approximate surface area is 76.6 Å². The summed E-state index contributed by atoms with van der Waals surface area (Å²) in [5, 5.41) is 2.19. The minimum Gasteiger partial charge on any atom is -0.778 e. The highest BCUT2D eigenvalue weighted by Gasteiger charge is 1.94. The molecular formula is C10H8NS-. The average Bonchev–Trinajstić information content (AvgIpc) is 2.12. The van der Waals surface area contributed by atoms with Gasteiger partial charge >= 0.3 is 0 Å². The zero-order valence-electron chi connectivity index (χ0n) is 6.45. The molecule has 2 N–H and O–H groups in total. The topological polar surface area (TPSA) is 26.0 Å². The van der Waals surface area contributed by atoms with E-state index in [2.05, 4.69) is 0 Å². The van der Waals surface area contributed by atoms with Gasteiger partial charge in [-0.3, -0.25) is 0 Å². The number of nitrogen functional groups attached to an aromatic ring is 1. The van der Waals surface area contributed by atoms with Crippen LogP contribution in [0.1, 0.15) is 0 Å². The van der Waals surface area contributed by atoms with Crippen LogP contribution >= 0.6 is 0 Å². The third-order valence-electron chi connectivity index (χ3n) is 1.93. The Bertz CT molecular complexity index is 423. The van der Waals surface area contributed by atoms with E-state index >= 15 is 0 Å². The van der Waals surface area contributed by atoms with Crippen LogP contribution in [0.15, 0.2) is 41.3 Å². The maximum absolute atomic E-state index is 5.81. The summed E-state index contributed by atoms with van der Waals surface area (Å²) in [6.07, 6.45) is 0. The Hall–Kier alpha value is -1.28. The quantitative estimate of drug-likeness (QED) is 0.490. The van der Waals surface area contributed by atoms with Crippen molar-refractivity contribution in [3.63, 3.8) is 0 Å². The monoisotopic (exact) mass is 174 g/mol. The van der Waals surface area contributed by atoms with Gasteiger partial charge < -0.3 is 18.4 Å². The normalized spacial score (nSPS) is 10.3. The molecule has 2 rings (SSSR count). The molecular weight excluding hydrogens is 166 g/mol. The molecule has 0 heterocycles. The first-order valence-corrected chi connectivity index (χ1v) is 4.14. The average molecular weight is 174 g/mol. The van der Waals surface area contributed by atoms with E-state index in [4.69, 9.17) is 18.4 Å². The predicted molar refractivity (Wildman–Crippen MR) is 54.0 cm³/mol. The smallest absolute Gasteiger partial charge is 0.0199 e. The van der Waals surface area contributed by atoms with Gasteiger partial charge in [0, 0.05) is 11.1 Å². The summed E-state index contributed by atoms with van der Waals surface area (Å²) in [5.41, 5.74) is 6.53. The van der Waals surface area contributed by atoms with E-state index in [9.17, 15) is 0 Å². The predicted octanol–water partition coefficient (Wildman–Crippen LogP) is 2.33. The number of hydrogen-bond acceptors (Lipinski definition) is 2. The molecule has 0 fully saturated rings.